The highest BCUT2D eigenvalue weighted by molar-refractivity contribution is 14.1. The van der Waals surface area contributed by atoms with Crippen molar-refractivity contribution in [2.45, 2.75) is 4.90 Å². The molecule has 35 heavy (non-hydrogen) atoms. The van der Waals surface area contributed by atoms with Crippen LogP contribution in [-0.2, 0) is 10.1 Å². The molecule has 0 saturated heterocycles. The lowest BCUT2D eigenvalue weighted by Gasteiger charge is -2.23. The van der Waals surface area contributed by atoms with E-state index < -0.39 is 31.4 Å². The van der Waals surface area contributed by atoms with Crippen molar-refractivity contribution in [1.82, 2.24) is 0 Å². The molecule has 1 aliphatic carbocycles. The minimum Gasteiger partial charge on any atom is -0.744 e. The average molecular weight is 999 g/mol. The molecule has 0 amide bonds. The number of nitro groups is 1. The molecule has 2 N–H and O–H groups in total. The second-order valence-corrected chi connectivity index (χ2v) is 14.0. The zero-order chi connectivity index (χ0) is 26.6. The van der Waals surface area contributed by atoms with Crippen LogP contribution in [0.2, 0.25) is 0 Å². The lowest BCUT2D eigenvalue weighted by molar-refractivity contribution is -0.415. The van der Waals surface area contributed by atoms with E-state index in [4.69, 9.17) is 0 Å². The van der Waals surface area contributed by atoms with Gasteiger partial charge in [-0.25, -0.2) is 8.42 Å². The lowest BCUT2D eigenvalue weighted by Crippen LogP contribution is -2.16. The Morgan fingerprint density at radius 3 is 2.09 bits per heavy atom. The molecule has 0 bridgehead atoms. The molecule has 0 aromatic heterocycles. The topological polar surface area (TPSA) is 142 Å². The molecule has 0 aliphatic heterocycles. The summed E-state index contributed by atoms with van der Waals surface area (Å²) in [6.07, 6.45) is 2.41. The summed E-state index contributed by atoms with van der Waals surface area (Å²) in [4.78, 5) is 20.4. The van der Waals surface area contributed by atoms with E-state index in [9.17, 15) is 33.0 Å². The van der Waals surface area contributed by atoms with E-state index >= 15 is 0 Å². The van der Waals surface area contributed by atoms with Crippen molar-refractivity contribution >= 4 is 140 Å². The van der Waals surface area contributed by atoms with Crippen LogP contribution in [0.15, 0.2) is 67.3 Å². The number of halogens is 7. The van der Waals surface area contributed by atoms with E-state index in [1.54, 1.807) is 0 Å². The summed E-state index contributed by atoms with van der Waals surface area (Å²) >= 11 is 21.3. The van der Waals surface area contributed by atoms with E-state index in [2.05, 4.69) is 95.6 Å². The van der Waals surface area contributed by atoms with Crippen LogP contribution in [0.5, 0.6) is 5.75 Å². The number of hydrogen-bond acceptors (Lipinski definition) is 6. The van der Waals surface area contributed by atoms with Crippen molar-refractivity contribution in [3.05, 3.63) is 87.2 Å². The first kappa shape index (κ1) is 29.6. The van der Waals surface area contributed by atoms with Gasteiger partial charge in [0.2, 0.25) is 0 Å². The number of hydrogen-bond donors (Lipinski definition) is 1. The fourth-order valence-electron chi connectivity index (χ4n) is 3.10. The third kappa shape index (κ3) is 5.74. The maximum Gasteiger partial charge on any atom is 0.430 e. The van der Waals surface area contributed by atoms with Crippen LogP contribution in [-0.4, -0.2) is 33.6 Å². The Morgan fingerprint density at radius 2 is 1.57 bits per heavy atom. The van der Waals surface area contributed by atoms with Crippen LogP contribution in [0.3, 0.4) is 0 Å². The summed E-state index contributed by atoms with van der Waals surface area (Å²) in [5.74, 6) is -0.714. The van der Waals surface area contributed by atoms with Crippen molar-refractivity contribution in [2.75, 3.05) is 0 Å². The number of nitrogens with zero attached hydrogens (tertiary/aromatic N) is 1. The molecule has 3 rings (SSSR count). The lowest BCUT2D eigenvalue weighted by atomic mass is 9.90. The normalized spacial score (nSPS) is 15.6. The van der Waals surface area contributed by atoms with Crippen molar-refractivity contribution in [3.8, 4) is 5.75 Å². The smallest absolute Gasteiger partial charge is 0.430 e. The second-order valence-electron chi connectivity index (χ2n) is 6.66. The van der Waals surface area contributed by atoms with Crippen molar-refractivity contribution in [2.24, 2.45) is 0 Å². The predicted octanol–water partition coefficient (Wildman–Crippen LogP) is 7.51. The zero-order valence-electron chi connectivity index (χ0n) is 16.2. The van der Waals surface area contributed by atoms with Crippen LogP contribution >= 0.6 is 118 Å². The number of allylic oxidation sites excluding steroid dienone is 4. The quantitative estimate of drug-likeness (QED) is 0.0640. The van der Waals surface area contributed by atoms with E-state index in [1.807, 2.05) is 22.6 Å². The molecule has 1 aliphatic rings. The Balaban J connectivity index is 2.69. The monoisotopic (exact) mass is 992 g/mol. The van der Waals surface area contributed by atoms with Gasteiger partial charge in [0.1, 0.15) is 20.4 Å². The molecule has 184 valence electrons. The largest absolute Gasteiger partial charge is 0.744 e. The first-order valence-electron chi connectivity index (χ1n) is 8.62. The van der Waals surface area contributed by atoms with Gasteiger partial charge in [-0.3, -0.25) is 14.9 Å². The molecule has 0 unspecified atom stereocenters. The Labute approximate surface area is 262 Å². The van der Waals surface area contributed by atoms with Gasteiger partial charge in [0.05, 0.1) is 22.3 Å². The summed E-state index contributed by atoms with van der Waals surface area (Å²) < 4.78 is 38.7. The maximum absolute atomic E-state index is 12.5. The van der Waals surface area contributed by atoms with Gasteiger partial charge in [-0.2, -0.15) is 0 Å². The third-order valence-corrected chi connectivity index (χ3v) is 12.5. The van der Waals surface area contributed by atoms with Gasteiger partial charge < -0.3 is 9.66 Å². The van der Waals surface area contributed by atoms with E-state index in [1.165, 1.54) is 18.2 Å². The van der Waals surface area contributed by atoms with Gasteiger partial charge in [0, 0.05) is 25.1 Å². The number of carbonyl (C=O) groups excluding carboxylic acids is 1. The van der Waals surface area contributed by atoms with Crippen molar-refractivity contribution in [3.63, 3.8) is 0 Å². The summed E-state index contributed by atoms with van der Waals surface area (Å²) in [5.41, 5.74) is -0.277. The van der Waals surface area contributed by atoms with Crippen molar-refractivity contribution in [1.29, 1.82) is 0 Å². The number of benzene rings is 2. The first-order valence-corrected chi connectivity index (χ1v) is 15.9. The Bertz CT molecular complexity index is 1530. The van der Waals surface area contributed by atoms with E-state index in [0.29, 0.717) is 13.6 Å². The molecular weight excluding hydrogens is 993 g/mol. The van der Waals surface area contributed by atoms with Gasteiger partial charge in [0.25, 0.3) is 0 Å². The highest BCUT2D eigenvalue weighted by Crippen LogP contribution is 2.49. The van der Waals surface area contributed by atoms with Crippen LogP contribution < -0.4 is 0 Å². The van der Waals surface area contributed by atoms with Gasteiger partial charge in [-0.1, -0.05) is 0 Å². The Hall–Kier alpha value is 0.0500. The van der Waals surface area contributed by atoms with Gasteiger partial charge >= 0.3 is 11.5 Å². The molecule has 0 fully saturated rings. The Morgan fingerprint density at radius 1 is 1.00 bits per heavy atom. The maximum atomic E-state index is 12.5. The molecule has 8 nitrogen and oxygen atoms in total. The second kappa shape index (κ2) is 11.0. The molecule has 16 heteroatoms. The van der Waals surface area contributed by atoms with Crippen molar-refractivity contribution < 1.29 is 27.8 Å². The molecule has 2 aromatic carbocycles. The fourth-order valence-corrected chi connectivity index (χ4v) is 8.96. The molecule has 0 atom stereocenters. The van der Waals surface area contributed by atoms with Gasteiger partial charge in [-0.05, 0) is 153 Å². The van der Waals surface area contributed by atoms with Gasteiger partial charge in [-0.15, -0.1) is 0 Å². The highest BCUT2D eigenvalue weighted by Gasteiger charge is 2.36. The predicted molar refractivity (Wildman–Crippen MR) is 159 cm³/mol. The first-order chi connectivity index (χ1) is 16.1. The van der Waals surface area contributed by atoms with Crippen LogP contribution in [0.25, 0.3) is 5.57 Å². The number of phenolic OH excluding ortho intramolecular Hbond substituents is 1. The molecule has 0 saturated carbocycles. The number of phenols is 1. The molecule has 0 radical (unpaired) electrons. The minimum absolute atomic E-state index is 0.0374. The number of ketones is 1. The summed E-state index contributed by atoms with van der Waals surface area (Å²) in [7, 11) is -5.12. The number of aromatic hydroxyl groups is 1. The molecule has 0 spiro atoms. The molecule has 0 heterocycles. The SMILES string of the molecule is O=[N+]([O-])C1=C/C(=C(/c2cc(Br)c(O)c(I)c2)c2c(Br)c(Br)c(Br)c(Br)c2S(=O)(=O)[O-])C=C(Br)C1=[OH+]. The van der Waals surface area contributed by atoms with Crippen LogP contribution in [0, 0.1) is 13.7 Å². The number of rotatable bonds is 4. The fraction of sp³-hybridized carbons (Fsp3) is 0. The zero-order valence-corrected chi connectivity index (χ0v) is 28.7. The third-order valence-electron chi connectivity index (χ3n) is 4.56. The summed E-state index contributed by atoms with van der Waals surface area (Å²) in [6, 6.07) is 2.98. The Kier molecular flexibility index (Phi) is 9.34. The highest BCUT2D eigenvalue weighted by atomic mass is 127. The summed E-state index contributed by atoms with van der Waals surface area (Å²) in [6.45, 7) is 0. The molecule has 2 aromatic rings. The van der Waals surface area contributed by atoms with Crippen LogP contribution in [0.1, 0.15) is 11.1 Å². The summed E-state index contributed by atoms with van der Waals surface area (Å²) in [5, 5.41) is 21.9. The van der Waals surface area contributed by atoms with E-state index in [0.717, 1.165) is 6.08 Å². The average Bonchev–Trinajstić information content (AvgIpc) is 2.75. The molecular formula is C19H6Br6INO7S. The minimum atomic E-state index is -5.12. The van der Waals surface area contributed by atoms with E-state index in [-0.39, 0.29) is 44.8 Å². The van der Waals surface area contributed by atoms with Crippen LogP contribution in [0.4, 0.5) is 0 Å². The standard InChI is InChI=1S/C19H6Br6INO7S/c20-7-1-5(3-9(26)17(7)28)11(6-2-8(21)18(29)10(4-6)27(30)31)12-13(22)14(23)15(24)16(25)19(12)35(32,33)34/h1-4,28H,(H,32,33,34)/b11-6-. The van der Waals surface area contributed by atoms with Gasteiger partial charge in [0.15, 0.2) is 0 Å².